The summed E-state index contributed by atoms with van der Waals surface area (Å²) in [6, 6.07) is 16.9. The Morgan fingerprint density at radius 3 is 2.79 bits per heavy atom. The largest absolute Gasteiger partial charge is 0.462 e. The second kappa shape index (κ2) is 10.5. The molecule has 0 aliphatic carbocycles. The fraction of sp³-hybridized carbons (Fsp3) is 0.483. The van der Waals surface area contributed by atoms with E-state index in [0.717, 1.165) is 48.8 Å². The number of nitriles is 1. The molecule has 0 spiro atoms. The molecule has 0 bridgehead atoms. The lowest BCUT2D eigenvalue weighted by atomic mass is 10.0. The van der Waals surface area contributed by atoms with E-state index >= 15 is 0 Å². The van der Waals surface area contributed by atoms with Crippen LogP contribution in [0.4, 0.5) is 20.3 Å². The molecule has 10 heteroatoms. The van der Waals surface area contributed by atoms with Crippen LogP contribution in [-0.2, 0) is 13.0 Å². The molecule has 0 unspecified atom stereocenters. The molecule has 2 fully saturated rings. The van der Waals surface area contributed by atoms with Gasteiger partial charge in [0.1, 0.15) is 12.4 Å². The number of hydrogen-bond acceptors (Lipinski definition) is 8. The van der Waals surface area contributed by atoms with Gasteiger partial charge in [0, 0.05) is 61.3 Å². The predicted molar refractivity (Wildman–Crippen MR) is 146 cm³/mol. The number of hydrogen-bond donors (Lipinski definition) is 1. The van der Waals surface area contributed by atoms with Crippen molar-refractivity contribution in [1.29, 1.82) is 5.26 Å². The molecule has 2 atom stereocenters. The number of likely N-dealkylation sites (tertiary alicyclic amines) is 1. The molecule has 1 N–H and O–H groups in total. The van der Waals surface area contributed by atoms with Crippen molar-refractivity contribution < 1.29 is 13.5 Å². The Bertz CT molecular complexity index is 1390. The Labute approximate surface area is 227 Å². The summed E-state index contributed by atoms with van der Waals surface area (Å²) in [6.07, 6.45) is 0.965. The Morgan fingerprint density at radius 2 is 1.97 bits per heavy atom. The lowest BCUT2D eigenvalue weighted by molar-refractivity contribution is 0.0136. The van der Waals surface area contributed by atoms with Gasteiger partial charge in [-0.25, -0.2) is 8.78 Å². The fourth-order valence-corrected chi connectivity index (χ4v) is 6.09. The minimum Gasteiger partial charge on any atom is -0.462 e. The van der Waals surface area contributed by atoms with Crippen molar-refractivity contribution in [3.05, 3.63) is 53.7 Å². The number of nitrogens with zero attached hydrogens (tertiary/aromatic N) is 6. The van der Waals surface area contributed by atoms with Crippen LogP contribution in [0.1, 0.15) is 24.1 Å². The normalized spacial score (nSPS) is 23.0. The molecule has 6 rings (SSSR count). The minimum absolute atomic E-state index is 0.0591. The van der Waals surface area contributed by atoms with E-state index in [1.54, 1.807) is 11.9 Å². The van der Waals surface area contributed by atoms with Gasteiger partial charge in [-0.15, -0.1) is 0 Å². The van der Waals surface area contributed by atoms with Gasteiger partial charge in [0.05, 0.1) is 31.3 Å². The van der Waals surface area contributed by atoms with Gasteiger partial charge in [-0.1, -0.05) is 36.4 Å². The van der Waals surface area contributed by atoms with E-state index in [-0.39, 0.29) is 31.6 Å². The highest BCUT2D eigenvalue weighted by Crippen LogP contribution is 2.35. The second-order valence-corrected chi connectivity index (χ2v) is 10.8. The quantitative estimate of drug-likeness (QED) is 0.515. The van der Waals surface area contributed by atoms with Crippen LogP contribution in [0.5, 0.6) is 6.01 Å². The molecule has 3 aliphatic heterocycles. The number of fused-ring (bicyclic) bond motifs is 2. The van der Waals surface area contributed by atoms with Crippen LogP contribution in [0.2, 0.25) is 0 Å². The maximum absolute atomic E-state index is 13.9. The van der Waals surface area contributed by atoms with Crippen LogP contribution in [0.15, 0.2) is 42.5 Å². The van der Waals surface area contributed by atoms with Gasteiger partial charge in [-0.2, -0.15) is 15.2 Å². The number of likely N-dealkylation sites (N-methyl/N-ethyl adjacent to an activating group) is 1. The maximum Gasteiger partial charge on any atom is 0.318 e. The standard InChI is InChI=1S/C29H33F2N7O/c1-36-19-29(30,31)15-22(36)18-39-28-34-25-17-37(26-8-4-6-20-5-2-3-7-23(20)26)13-10-24(25)27(35-28)38-14-12-33-21(16-38)9-11-32/h2-8,21-22,33H,9-10,12-19H2,1H3/t21-,22-/m0/s1. The van der Waals surface area contributed by atoms with Gasteiger partial charge >= 0.3 is 6.01 Å². The van der Waals surface area contributed by atoms with E-state index in [9.17, 15) is 14.0 Å². The summed E-state index contributed by atoms with van der Waals surface area (Å²) in [5.74, 6) is -1.87. The van der Waals surface area contributed by atoms with Gasteiger partial charge in [-0.05, 0) is 24.9 Å². The molecule has 1 aromatic heterocycles. The van der Waals surface area contributed by atoms with Gasteiger partial charge < -0.3 is 19.9 Å². The number of aromatic nitrogens is 2. The van der Waals surface area contributed by atoms with Crippen LogP contribution in [0.3, 0.4) is 0 Å². The van der Waals surface area contributed by atoms with Gasteiger partial charge in [-0.3, -0.25) is 4.90 Å². The van der Waals surface area contributed by atoms with E-state index in [1.807, 2.05) is 6.07 Å². The molecule has 0 saturated carbocycles. The monoisotopic (exact) mass is 533 g/mol. The molecule has 0 amide bonds. The Kier molecular flexibility index (Phi) is 6.95. The third kappa shape index (κ3) is 5.34. The van der Waals surface area contributed by atoms with Gasteiger partial charge in [0.15, 0.2) is 0 Å². The Balaban J connectivity index is 1.31. The van der Waals surface area contributed by atoms with Crippen LogP contribution in [0, 0.1) is 11.3 Å². The van der Waals surface area contributed by atoms with Crippen LogP contribution in [0.25, 0.3) is 10.8 Å². The SMILES string of the molecule is CN1CC(F)(F)C[C@H]1COc1nc2c(c(N3CCN[C@@H](CC#N)C3)n1)CCN(c1cccc3ccccc13)C2. The molecule has 2 aromatic carbocycles. The van der Waals surface area contributed by atoms with E-state index in [4.69, 9.17) is 14.7 Å². The van der Waals surface area contributed by atoms with Crippen molar-refractivity contribution in [2.75, 3.05) is 56.2 Å². The van der Waals surface area contributed by atoms with Crippen molar-refractivity contribution in [3.8, 4) is 12.1 Å². The van der Waals surface area contributed by atoms with Crippen molar-refractivity contribution in [2.24, 2.45) is 0 Å². The number of alkyl halides is 2. The Morgan fingerprint density at radius 1 is 1.13 bits per heavy atom. The first kappa shape index (κ1) is 25.7. The lowest BCUT2D eigenvalue weighted by Gasteiger charge is -2.37. The Hall–Kier alpha value is -3.55. The third-order valence-electron chi connectivity index (χ3n) is 8.07. The summed E-state index contributed by atoms with van der Waals surface area (Å²) in [4.78, 5) is 15.9. The molecule has 4 heterocycles. The maximum atomic E-state index is 13.9. The van der Waals surface area contributed by atoms with E-state index in [0.29, 0.717) is 19.5 Å². The number of piperazine rings is 1. The number of halogens is 2. The number of benzene rings is 2. The highest BCUT2D eigenvalue weighted by atomic mass is 19.3. The van der Waals surface area contributed by atoms with E-state index in [2.05, 4.69) is 57.6 Å². The number of anilines is 2. The van der Waals surface area contributed by atoms with Crippen molar-refractivity contribution >= 4 is 22.3 Å². The van der Waals surface area contributed by atoms with Crippen LogP contribution >= 0.6 is 0 Å². The van der Waals surface area contributed by atoms with Crippen molar-refractivity contribution in [1.82, 2.24) is 20.2 Å². The summed E-state index contributed by atoms with van der Waals surface area (Å²) >= 11 is 0. The summed E-state index contributed by atoms with van der Waals surface area (Å²) < 4.78 is 33.9. The topological polar surface area (TPSA) is 80.5 Å². The number of ether oxygens (including phenoxy) is 1. The van der Waals surface area contributed by atoms with E-state index < -0.39 is 12.0 Å². The lowest BCUT2D eigenvalue weighted by Crippen LogP contribution is -2.51. The summed E-state index contributed by atoms with van der Waals surface area (Å²) in [5, 5.41) is 15.0. The summed E-state index contributed by atoms with van der Waals surface area (Å²) in [6.45, 7) is 3.45. The van der Waals surface area contributed by atoms with Crippen LogP contribution < -0.4 is 19.9 Å². The highest BCUT2D eigenvalue weighted by Gasteiger charge is 2.43. The summed E-state index contributed by atoms with van der Waals surface area (Å²) in [5.41, 5.74) is 3.16. The van der Waals surface area contributed by atoms with Crippen LogP contribution in [-0.4, -0.2) is 79.3 Å². The molecule has 8 nitrogen and oxygen atoms in total. The van der Waals surface area contributed by atoms with Gasteiger partial charge in [0.2, 0.25) is 0 Å². The molecule has 2 saturated heterocycles. The number of rotatable bonds is 6. The van der Waals surface area contributed by atoms with Crippen molar-refractivity contribution in [3.63, 3.8) is 0 Å². The zero-order valence-electron chi connectivity index (χ0n) is 22.1. The second-order valence-electron chi connectivity index (χ2n) is 10.8. The minimum atomic E-state index is -2.71. The predicted octanol–water partition coefficient (Wildman–Crippen LogP) is 3.60. The molecule has 3 aliphatic rings. The smallest absolute Gasteiger partial charge is 0.318 e. The third-order valence-corrected chi connectivity index (χ3v) is 8.07. The summed E-state index contributed by atoms with van der Waals surface area (Å²) in [7, 11) is 1.70. The molecule has 39 heavy (non-hydrogen) atoms. The number of nitrogens with one attached hydrogen (secondary N) is 1. The molecular weight excluding hydrogens is 500 g/mol. The molecule has 3 aromatic rings. The first-order valence-electron chi connectivity index (χ1n) is 13.6. The molecule has 0 radical (unpaired) electrons. The zero-order valence-corrected chi connectivity index (χ0v) is 22.1. The first-order chi connectivity index (χ1) is 18.9. The molecular formula is C29H33F2N7O. The zero-order chi connectivity index (χ0) is 27.0. The van der Waals surface area contributed by atoms with Gasteiger partial charge in [0.25, 0.3) is 5.92 Å². The average Bonchev–Trinajstić information content (AvgIpc) is 3.21. The van der Waals surface area contributed by atoms with E-state index in [1.165, 1.54) is 10.8 Å². The average molecular weight is 534 g/mol. The fourth-order valence-electron chi connectivity index (χ4n) is 6.09. The first-order valence-corrected chi connectivity index (χ1v) is 13.6. The highest BCUT2D eigenvalue weighted by molar-refractivity contribution is 5.94. The van der Waals surface area contributed by atoms with Crippen molar-refractivity contribution in [2.45, 2.75) is 43.8 Å². The molecule has 204 valence electrons.